The summed E-state index contributed by atoms with van der Waals surface area (Å²) in [6, 6.07) is 68.3. The Hall–Kier alpha value is -7.34. The molecule has 4 aromatic heterocycles. The van der Waals surface area contributed by atoms with Crippen LogP contribution in [-0.2, 0) is 0 Å². The van der Waals surface area contributed by atoms with E-state index in [2.05, 4.69) is 196 Å². The van der Waals surface area contributed by atoms with E-state index in [1.54, 1.807) is 0 Å². The fourth-order valence-electron chi connectivity index (χ4n) is 11.3. The SMILES string of the molecule is c1ccc(-c2ccc(N3B4c5c(cc6c(sc7ccccc76)c5-n5c6ccccc6c6cccc4c65)-c4c3cc3c5ccccc5n5c6ccccc6c4c35)cc2)cc1. The lowest BCUT2D eigenvalue weighted by Crippen LogP contribution is -2.60. The monoisotopic (exact) mass is 763 g/mol. The molecule has 0 amide bonds. The summed E-state index contributed by atoms with van der Waals surface area (Å²) in [7, 11) is 0. The fourth-order valence-corrected chi connectivity index (χ4v) is 12.6. The Balaban J connectivity index is 1.19. The first-order valence-corrected chi connectivity index (χ1v) is 21.3. The van der Waals surface area contributed by atoms with Gasteiger partial charge >= 0.3 is 6.85 Å². The van der Waals surface area contributed by atoms with Gasteiger partial charge in [0.2, 0.25) is 0 Å². The Morgan fingerprint density at radius 2 is 1.10 bits per heavy atom. The average molecular weight is 764 g/mol. The van der Waals surface area contributed by atoms with E-state index in [9.17, 15) is 0 Å². The van der Waals surface area contributed by atoms with E-state index in [1.807, 2.05) is 11.3 Å². The summed E-state index contributed by atoms with van der Waals surface area (Å²) in [5, 5.41) is 10.5. The van der Waals surface area contributed by atoms with Crippen LogP contribution < -0.4 is 15.7 Å². The molecule has 0 unspecified atom stereocenters. The van der Waals surface area contributed by atoms with Crippen molar-refractivity contribution in [1.82, 2.24) is 8.97 Å². The lowest BCUT2D eigenvalue weighted by atomic mass is 9.43. The number of anilines is 2. The van der Waals surface area contributed by atoms with Crippen molar-refractivity contribution < 1.29 is 0 Å². The second-order valence-corrected chi connectivity index (χ2v) is 17.4. The molecule has 15 rings (SSSR count). The number of aromatic nitrogens is 2. The molecule has 3 nitrogen and oxygen atoms in total. The van der Waals surface area contributed by atoms with Crippen LogP contribution in [-0.4, -0.2) is 15.8 Å². The molecule has 0 radical (unpaired) electrons. The molecule has 2 aliphatic rings. The van der Waals surface area contributed by atoms with Crippen molar-refractivity contribution in [3.63, 3.8) is 0 Å². The van der Waals surface area contributed by atoms with E-state index in [0.717, 1.165) is 0 Å². The maximum atomic E-state index is 2.70. The summed E-state index contributed by atoms with van der Waals surface area (Å²) < 4.78 is 7.84. The maximum Gasteiger partial charge on any atom is 0.333 e. The van der Waals surface area contributed by atoms with Crippen LogP contribution in [0, 0.1) is 0 Å². The van der Waals surface area contributed by atoms with Crippen molar-refractivity contribution in [2.75, 3.05) is 4.81 Å². The topological polar surface area (TPSA) is 12.6 Å². The zero-order valence-electron chi connectivity index (χ0n) is 31.6. The molecule has 0 saturated carbocycles. The Labute approximate surface area is 342 Å². The van der Waals surface area contributed by atoms with E-state index < -0.39 is 0 Å². The Bertz CT molecular complexity index is 3970. The first-order valence-electron chi connectivity index (χ1n) is 20.5. The molecule has 6 heterocycles. The molecule has 9 aromatic carbocycles. The van der Waals surface area contributed by atoms with Crippen LogP contribution in [0.15, 0.2) is 182 Å². The van der Waals surface area contributed by atoms with Gasteiger partial charge < -0.3 is 13.8 Å². The smallest absolute Gasteiger partial charge is 0.333 e. The average Bonchev–Trinajstić information content (AvgIpc) is 4.04. The van der Waals surface area contributed by atoms with Gasteiger partial charge in [0.05, 0.1) is 38.0 Å². The molecule has 0 atom stereocenters. The van der Waals surface area contributed by atoms with Crippen LogP contribution in [0.3, 0.4) is 0 Å². The molecular formula is C54H30BN3S. The molecule has 0 N–H and O–H groups in total. The predicted octanol–water partition coefficient (Wildman–Crippen LogP) is 13.2. The molecule has 13 aromatic rings. The third kappa shape index (κ3) is 3.68. The number of thiophene rings is 1. The van der Waals surface area contributed by atoms with Crippen LogP contribution in [0.1, 0.15) is 0 Å². The summed E-state index contributed by atoms with van der Waals surface area (Å²) in [6.07, 6.45) is 0. The lowest BCUT2D eigenvalue weighted by molar-refractivity contribution is 1.20. The molecule has 0 saturated heterocycles. The molecule has 0 bridgehead atoms. The predicted molar refractivity (Wildman–Crippen MR) is 253 cm³/mol. The molecule has 5 heteroatoms. The number of hydrogen-bond donors (Lipinski definition) is 0. The highest BCUT2D eigenvalue weighted by molar-refractivity contribution is 7.26. The van der Waals surface area contributed by atoms with Gasteiger partial charge in [0.1, 0.15) is 0 Å². The highest BCUT2D eigenvalue weighted by atomic mass is 32.1. The summed E-state index contributed by atoms with van der Waals surface area (Å²) in [5.41, 5.74) is 18.0. The van der Waals surface area contributed by atoms with Gasteiger partial charge in [-0.05, 0) is 76.1 Å². The Kier molecular flexibility index (Phi) is 5.62. The zero-order chi connectivity index (χ0) is 38.1. The normalized spacial score (nSPS) is 13.4. The number of rotatable bonds is 2. The van der Waals surface area contributed by atoms with Gasteiger partial charge in [-0.1, -0.05) is 133 Å². The Morgan fingerprint density at radius 3 is 1.92 bits per heavy atom. The zero-order valence-corrected chi connectivity index (χ0v) is 32.5. The minimum Gasteiger partial charge on any atom is -0.376 e. The summed E-state index contributed by atoms with van der Waals surface area (Å²) in [5.74, 6) is 0. The molecule has 0 spiro atoms. The van der Waals surface area contributed by atoms with Crippen molar-refractivity contribution in [1.29, 1.82) is 0 Å². The quantitative estimate of drug-likeness (QED) is 0.160. The lowest BCUT2D eigenvalue weighted by Gasteiger charge is -2.42. The fraction of sp³-hybridized carbons (Fsp3) is 0. The minimum atomic E-state index is -0.0696. The molecule has 0 fully saturated rings. The number of nitrogens with zero attached hydrogens (tertiary/aromatic N) is 3. The number of fused-ring (bicyclic) bond motifs is 18. The second kappa shape index (κ2) is 10.8. The highest BCUT2D eigenvalue weighted by Crippen LogP contribution is 2.54. The van der Waals surface area contributed by atoms with Gasteiger partial charge in [0.25, 0.3) is 0 Å². The van der Waals surface area contributed by atoms with E-state index >= 15 is 0 Å². The Morgan fingerprint density at radius 1 is 0.458 bits per heavy atom. The maximum absolute atomic E-state index is 2.70. The first kappa shape index (κ1) is 30.8. The van der Waals surface area contributed by atoms with E-state index in [1.165, 1.54) is 130 Å². The first-order chi connectivity index (χ1) is 29.3. The minimum absolute atomic E-state index is 0.0696. The summed E-state index contributed by atoms with van der Waals surface area (Å²) in [6.45, 7) is -0.0696. The van der Waals surface area contributed by atoms with Crippen LogP contribution >= 0.6 is 11.3 Å². The summed E-state index contributed by atoms with van der Waals surface area (Å²) >= 11 is 1.94. The standard InChI is InChI=1S/C54H30BN3S/c1-2-13-31(14-3-1)32-25-27-33(28-26-32)58-46-30-39-35-16-5-8-21-43(35)56-45-23-10-6-18-38(45)49(52(39)56)48(46)41-29-40-36-17-7-11-24-47(36)59-54(40)53-50(41)55(58)42-20-12-19-37-34-15-4-9-22-44(34)57(53)51(37)42/h1-30H. The molecule has 59 heavy (non-hydrogen) atoms. The van der Waals surface area contributed by atoms with Crippen LogP contribution in [0.5, 0.6) is 0 Å². The van der Waals surface area contributed by atoms with E-state index in [-0.39, 0.29) is 6.85 Å². The third-order valence-electron chi connectivity index (χ3n) is 13.6. The van der Waals surface area contributed by atoms with Gasteiger partial charge in [-0.15, -0.1) is 11.3 Å². The van der Waals surface area contributed by atoms with Crippen molar-refractivity contribution in [3.8, 4) is 27.9 Å². The number of para-hydroxylation sites is 4. The molecule has 270 valence electrons. The van der Waals surface area contributed by atoms with Gasteiger partial charge in [0.15, 0.2) is 0 Å². The molecular weight excluding hydrogens is 733 g/mol. The second-order valence-electron chi connectivity index (χ2n) is 16.4. The van der Waals surface area contributed by atoms with Gasteiger partial charge in [-0.25, -0.2) is 0 Å². The highest BCUT2D eigenvalue weighted by Gasteiger charge is 2.46. The van der Waals surface area contributed by atoms with E-state index in [4.69, 9.17) is 0 Å². The third-order valence-corrected chi connectivity index (χ3v) is 14.8. The van der Waals surface area contributed by atoms with Crippen LogP contribution in [0.4, 0.5) is 11.4 Å². The number of benzene rings is 9. The van der Waals surface area contributed by atoms with Crippen LogP contribution in [0.25, 0.3) is 108 Å². The molecule has 0 aliphatic carbocycles. The van der Waals surface area contributed by atoms with Gasteiger partial charge in [-0.3, -0.25) is 0 Å². The van der Waals surface area contributed by atoms with E-state index in [0.29, 0.717) is 0 Å². The van der Waals surface area contributed by atoms with Crippen molar-refractivity contribution >= 4 is 121 Å². The summed E-state index contributed by atoms with van der Waals surface area (Å²) in [4.78, 5) is 2.70. The van der Waals surface area contributed by atoms with Crippen LogP contribution in [0.2, 0.25) is 0 Å². The molecule has 2 aliphatic heterocycles. The van der Waals surface area contributed by atoms with Gasteiger partial charge in [0, 0.05) is 64.7 Å². The van der Waals surface area contributed by atoms with Crippen molar-refractivity contribution in [2.45, 2.75) is 0 Å². The van der Waals surface area contributed by atoms with Crippen molar-refractivity contribution in [2.24, 2.45) is 0 Å². The largest absolute Gasteiger partial charge is 0.376 e. The van der Waals surface area contributed by atoms with Crippen molar-refractivity contribution in [3.05, 3.63) is 182 Å². The number of hydrogen-bond acceptors (Lipinski definition) is 2. The van der Waals surface area contributed by atoms with Gasteiger partial charge in [-0.2, -0.15) is 0 Å².